The van der Waals surface area contributed by atoms with E-state index in [-0.39, 0.29) is 0 Å². The molecule has 1 saturated carbocycles. The first-order chi connectivity index (χ1) is 8.54. The molecule has 3 N–H and O–H groups in total. The summed E-state index contributed by atoms with van der Waals surface area (Å²) in [6.07, 6.45) is 3.10. The summed E-state index contributed by atoms with van der Waals surface area (Å²) in [7, 11) is -3.45. The van der Waals surface area contributed by atoms with Crippen LogP contribution in [0, 0.1) is 6.92 Å². The first-order valence-corrected chi connectivity index (χ1v) is 7.79. The molecule has 6 nitrogen and oxygen atoms in total. The zero-order valence-corrected chi connectivity index (χ0v) is 11.6. The molecule has 0 unspecified atom stereocenters. The van der Waals surface area contributed by atoms with Gasteiger partial charge in [0.1, 0.15) is 4.90 Å². The molecule has 1 fully saturated rings. The predicted molar refractivity (Wildman–Crippen MR) is 68.7 cm³/mol. The lowest BCUT2D eigenvalue weighted by Gasteiger charge is -2.07. The third kappa shape index (κ3) is 3.09. The summed E-state index contributed by atoms with van der Waals surface area (Å²) in [6.45, 7) is 4.61. The molecular formula is C11H20N4O2S. The highest BCUT2D eigenvalue weighted by molar-refractivity contribution is 7.89. The third-order valence-electron chi connectivity index (χ3n) is 2.91. The number of aromatic amines is 1. The monoisotopic (exact) mass is 272 g/mol. The molecule has 18 heavy (non-hydrogen) atoms. The van der Waals surface area contributed by atoms with E-state index in [0.29, 0.717) is 35.4 Å². The molecule has 0 bridgehead atoms. The van der Waals surface area contributed by atoms with Crippen molar-refractivity contribution in [3.05, 3.63) is 11.4 Å². The van der Waals surface area contributed by atoms with Crippen molar-refractivity contribution < 1.29 is 8.42 Å². The van der Waals surface area contributed by atoms with Crippen molar-refractivity contribution in [2.45, 2.75) is 50.6 Å². The van der Waals surface area contributed by atoms with Crippen LogP contribution in [-0.2, 0) is 16.6 Å². The largest absolute Gasteiger partial charge is 0.308 e. The average molecular weight is 272 g/mol. The highest BCUT2D eigenvalue weighted by atomic mass is 32.2. The van der Waals surface area contributed by atoms with Crippen molar-refractivity contribution >= 4 is 10.0 Å². The molecule has 0 aromatic carbocycles. The van der Waals surface area contributed by atoms with Gasteiger partial charge in [0.25, 0.3) is 0 Å². The van der Waals surface area contributed by atoms with Gasteiger partial charge in [-0.2, -0.15) is 5.10 Å². The zero-order valence-electron chi connectivity index (χ0n) is 10.8. The average Bonchev–Trinajstić information content (AvgIpc) is 3.07. The molecule has 0 amide bonds. The van der Waals surface area contributed by atoms with Crippen molar-refractivity contribution in [1.82, 2.24) is 20.2 Å². The van der Waals surface area contributed by atoms with Crippen molar-refractivity contribution in [3.8, 4) is 0 Å². The van der Waals surface area contributed by atoms with E-state index in [0.717, 1.165) is 6.42 Å². The Morgan fingerprint density at radius 1 is 1.44 bits per heavy atom. The lowest BCUT2D eigenvalue weighted by Crippen LogP contribution is -2.27. The van der Waals surface area contributed by atoms with Crippen molar-refractivity contribution in [3.63, 3.8) is 0 Å². The van der Waals surface area contributed by atoms with E-state index in [2.05, 4.69) is 20.2 Å². The van der Waals surface area contributed by atoms with Crippen LogP contribution in [0.5, 0.6) is 0 Å². The number of nitrogens with one attached hydrogen (secondary N) is 3. The van der Waals surface area contributed by atoms with Crippen LogP contribution in [0.4, 0.5) is 0 Å². The van der Waals surface area contributed by atoms with Crippen molar-refractivity contribution in [2.24, 2.45) is 0 Å². The number of nitrogens with zero attached hydrogens (tertiary/aromatic N) is 1. The van der Waals surface area contributed by atoms with Gasteiger partial charge in [-0.15, -0.1) is 0 Å². The maximum atomic E-state index is 12.2. The summed E-state index contributed by atoms with van der Waals surface area (Å²) in [5.74, 6) is 0. The summed E-state index contributed by atoms with van der Waals surface area (Å²) in [5.41, 5.74) is 1.16. The van der Waals surface area contributed by atoms with Crippen LogP contribution >= 0.6 is 0 Å². The van der Waals surface area contributed by atoms with Crippen LogP contribution in [0.3, 0.4) is 0 Å². The topological polar surface area (TPSA) is 86.9 Å². The second kappa shape index (κ2) is 5.38. The smallest absolute Gasteiger partial charge is 0.244 e. The Bertz CT molecular complexity index is 505. The van der Waals surface area contributed by atoms with E-state index in [1.165, 1.54) is 12.8 Å². The SMILES string of the molecule is CCCNS(=O)(=O)c1c(CNC2CC2)n[nH]c1C. The van der Waals surface area contributed by atoms with E-state index in [1.54, 1.807) is 6.92 Å². The molecular weight excluding hydrogens is 252 g/mol. The molecule has 1 aliphatic rings. The lowest BCUT2D eigenvalue weighted by molar-refractivity contribution is 0.576. The highest BCUT2D eigenvalue weighted by Gasteiger charge is 2.26. The number of aromatic nitrogens is 2. The standard InChI is InChI=1S/C11H20N4O2S/c1-3-6-13-18(16,17)11-8(2)14-15-10(11)7-12-9-4-5-9/h9,12-13H,3-7H2,1-2H3,(H,14,15). The minimum atomic E-state index is -3.45. The van der Waals surface area contributed by atoms with Gasteiger partial charge in [0.2, 0.25) is 10.0 Å². The maximum Gasteiger partial charge on any atom is 0.244 e. The maximum absolute atomic E-state index is 12.2. The van der Waals surface area contributed by atoms with E-state index in [1.807, 2.05) is 6.92 Å². The van der Waals surface area contributed by atoms with Gasteiger partial charge in [0.05, 0.1) is 11.4 Å². The Kier molecular flexibility index (Phi) is 4.04. The van der Waals surface area contributed by atoms with Gasteiger partial charge in [0.15, 0.2) is 0 Å². The zero-order chi connectivity index (χ0) is 13.2. The van der Waals surface area contributed by atoms with Crippen LogP contribution < -0.4 is 10.0 Å². The number of sulfonamides is 1. The molecule has 1 aliphatic carbocycles. The molecule has 7 heteroatoms. The summed E-state index contributed by atoms with van der Waals surface area (Å²) >= 11 is 0. The van der Waals surface area contributed by atoms with Gasteiger partial charge in [-0.05, 0) is 26.2 Å². The summed E-state index contributed by atoms with van der Waals surface area (Å²) in [4.78, 5) is 0.295. The first-order valence-electron chi connectivity index (χ1n) is 6.31. The Balaban J connectivity index is 2.16. The molecule has 0 spiro atoms. The van der Waals surface area contributed by atoms with Crippen LogP contribution in [0.25, 0.3) is 0 Å². The Labute approximate surface area is 108 Å². The van der Waals surface area contributed by atoms with E-state index >= 15 is 0 Å². The van der Waals surface area contributed by atoms with Gasteiger partial charge < -0.3 is 5.32 Å². The summed E-state index contributed by atoms with van der Waals surface area (Å²) in [5, 5.41) is 10.1. The van der Waals surface area contributed by atoms with Crippen LogP contribution in [-0.4, -0.2) is 31.2 Å². The molecule has 0 saturated heterocycles. The molecule has 1 heterocycles. The van der Waals surface area contributed by atoms with Gasteiger partial charge in [-0.3, -0.25) is 5.10 Å². The fourth-order valence-corrected chi connectivity index (χ4v) is 3.28. The van der Waals surface area contributed by atoms with Crippen molar-refractivity contribution in [2.75, 3.05) is 6.54 Å². The summed E-state index contributed by atoms with van der Waals surface area (Å²) in [6, 6.07) is 0.529. The molecule has 0 aliphatic heterocycles. The number of aryl methyl sites for hydroxylation is 1. The first kappa shape index (κ1) is 13.5. The van der Waals surface area contributed by atoms with Crippen molar-refractivity contribution in [1.29, 1.82) is 0 Å². The molecule has 1 aromatic rings. The van der Waals surface area contributed by atoms with E-state index in [9.17, 15) is 8.42 Å². The number of hydrogen-bond acceptors (Lipinski definition) is 4. The fourth-order valence-electron chi connectivity index (χ4n) is 1.78. The lowest BCUT2D eigenvalue weighted by atomic mass is 10.3. The Morgan fingerprint density at radius 2 is 2.17 bits per heavy atom. The Hall–Kier alpha value is -0.920. The van der Waals surface area contributed by atoms with Gasteiger partial charge in [-0.25, -0.2) is 13.1 Å². The number of hydrogen-bond donors (Lipinski definition) is 3. The number of H-pyrrole nitrogens is 1. The minimum absolute atomic E-state index is 0.295. The second-order valence-corrected chi connectivity index (χ2v) is 6.38. The van der Waals surface area contributed by atoms with Gasteiger partial charge in [0, 0.05) is 19.1 Å². The quantitative estimate of drug-likeness (QED) is 0.680. The molecule has 1 aromatic heterocycles. The normalized spacial score (nSPS) is 16.1. The molecule has 102 valence electrons. The molecule has 2 rings (SSSR count). The third-order valence-corrected chi connectivity index (χ3v) is 4.57. The highest BCUT2D eigenvalue weighted by Crippen LogP contribution is 2.21. The number of rotatable bonds is 7. The second-order valence-electron chi connectivity index (χ2n) is 4.68. The predicted octanol–water partition coefficient (Wildman–Crippen LogP) is 0.658. The summed E-state index contributed by atoms with van der Waals surface area (Å²) < 4.78 is 26.9. The van der Waals surface area contributed by atoms with E-state index < -0.39 is 10.0 Å². The fraction of sp³-hybridized carbons (Fsp3) is 0.727. The Morgan fingerprint density at radius 3 is 2.78 bits per heavy atom. The molecule has 0 atom stereocenters. The van der Waals surface area contributed by atoms with Gasteiger partial charge in [-0.1, -0.05) is 6.92 Å². The minimum Gasteiger partial charge on any atom is -0.308 e. The van der Waals surface area contributed by atoms with Crippen LogP contribution in [0.1, 0.15) is 37.6 Å². The van der Waals surface area contributed by atoms with Gasteiger partial charge >= 0.3 is 0 Å². The van der Waals surface area contributed by atoms with Crippen LogP contribution in [0.15, 0.2) is 4.90 Å². The molecule has 0 radical (unpaired) electrons. The van der Waals surface area contributed by atoms with E-state index in [4.69, 9.17) is 0 Å². The van der Waals surface area contributed by atoms with Crippen LogP contribution in [0.2, 0.25) is 0 Å².